The molecule has 0 atom stereocenters. The van der Waals surface area contributed by atoms with E-state index in [1.807, 2.05) is 13.0 Å². The van der Waals surface area contributed by atoms with Crippen LogP contribution in [-0.4, -0.2) is 18.1 Å². The molecule has 5 nitrogen and oxygen atoms in total. The Hall–Kier alpha value is -1.78. The van der Waals surface area contributed by atoms with Crippen molar-refractivity contribution in [3.8, 4) is 5.75 Å². The summed E-state index contributed by atoms with van der Waals surface area (Å²) in [5, 5.41) is 14.3. The van der Waals surface area contributed by atoms with Gasteiger partial charge in [-0.25, -0.2) is 0 Å². The van der Waals surface area contributed by atoms with Crippen LogP contribution in [0.25, 0.3) is 0 Å². The average molecular weight is 278 g/mol. The Morgan fingerprint density at radius 1 is 1.35 bits per heavy atom. The van der Waals surface area contributed by atoms with Gasteiger partial charge in [0.25, 0.3) is 5.69 Å². The molecule has 1 aromatic rings. The molecule has 0 heterocycles. The van der Waals surface area contributed by atoms with Crippen LogP contribution in [-0.2, 0) is 0 Å². The van der Waals surface area contributed by atoms with E-state index in [2.05, 4.69) is 12.2 Å². The summed E-state index contributed by atoms with van der Waals surface area (Å²) in [4.78, 5) is 10.6. The summed E-state index contributed by atoms with van der Waals surface area (Å²) in [6.07, 6.45) is 4.51. The standard InChI is InChI=1S/C15H22N2O3/c1-3-7-20-14-9-12(8-13(10-14)17(18)19)16-11-15(4-2)5-6-15/h8-10,16H,3-7,11H2,1-2H3. The lowest BCUT2D eigenvalue weighted by Gasteiger charge is -2.15. The van der Waals surface area contributed by atoms with Gasteiger partial charge >= 0.3 is 0 Å². The number of nitro groups is 1. The lowest BCUT2D eigenvalue weighted by molar-refractivity contribution is -0.384. The molecule has 0 unspecified atom stereocenters. The van der Waals surface area contributed by atoms with Crippen molar-refractivity contribution in [1.82, 2.24) is 0 Å². The highest BCUT2D eigenvalue weighted by molar-refractivity contribution is 5.56. The van der Waals surface area contributed by atoms with E-state index in [0.29, 0.717) is 17.8 Å². The normalized spacial score (nSPS) is 15.7. The minimum atomic E-state index is -0.378. The minimum absolute atomic E-state index is 0.0717. The van der Waals surface area contributed by atoms with Crippen LogP contribution in [0.4, 0.5) is 11.4 Å². The van der Waals surface area contributed by atoms with E-state index < -0.39 is 0 Å². The molecule has 0 amide bonds. The average Bonchev–Trinajstić information content (AvgIpc) is 3.23. The van der Waals surface area contributed by atoms with Crippen LogP contribution in [0.15, 0.2) is 18.2 Å². The second-order valence-electron chi connectivity index (χ2n) is 5.53. The lowest BCUT2D eigenvalue weighted by atomic mass is 10.0. The monoisotopic (exact) mass is 278 g/mol. The number of ether oxygens (including phenoxy) is 1. The Morgan fingerprint density at radius 3 is 2.65 bits per heavy atom. The molecule has 110 valence electrons. The van der Waals surface area contributed by atoms with Crippen molar-refractivity contribution in [2.75, 3.05) is 18.5 Å². The predicted octanol–water partition coefficient (Wildman–Crippen LogP) is 3.99. The van der Waals surface area contributed by atoms with Gasteiger partial charge in [-0.3, -0.25) is 10.1 Å². The van der Waals surface area contributed by atoms with E-state index in [1.165, 1.54) is 18.9 Å². The summed E-state index contributed by atoms with van der Waals surface area (Å²) in [5.41, 5.74) is 1.24. The summed E-state index contributed by atoms with van der Waals surface area (Å²) in [7, 11) is 0. The number of hydrogen-bond acceptors (Lipinski definition) is 4. The Bertz CT molecular complexity index is 484. The van der Waals surface area contributed by atoms with Crippen LogP contribution >= 0.6 is 0 Å². The summed E-state index contributed by atoms with van der Waals surface area (Å²) in [6.45, 7) is 5.64. The molecule has 1 aromatic carbocycles. The fourth-order valence-corrected chi connectivity index (χ4v) is 2.22. The van der Waals surface area contributed by atoms with E-state index in [4.69, 9.17) is 4.74 Å². The molecule has 1 fully saturated rings. The number of nitro benzene ring substituents is 1. The fraction of sp³-hybridized carbons (Fsp3) is 0.600. The maximum atomic E-state index is 11.0. The van der Waals surface area contributed by atoms with Gasteiger partial charge in [0, 0.05) is 24.4 Å². The van der Waals surface area contributed by atoms with Crippen LogP contribution in [0.5, 0.6) is 5.75 Å². The van der Waals surface area contributed by atoms with Gasteiger partial charge in [-0.05, 0) is 31.1 Å². The highest BCUT2D eigenvalue weighted by Gasteiger charge is 2.40. The minimum Gasteiger partial charge on any atom is -0.493 e. The van der Waals surface area contributed by atoms with Gasteiger partial charge in [0.2, 0.25) is 0 Å². The van der Waals surface area contributed by atoms with E-state index in [-0.39, 0.29) is 10.6 Å². The van der Waals surface area contributed by atoms with Crippen molar-refractivity contribution in [3.63, 3.8) is 0 Å². The molecule has 1 aliphatic rings. The molecule has 1 saturated carbocycles. The third kappa shape index (κ3) is 3.62. The van der Waals surface area contributed by atoms with Gasteiger partial charge in [0.05, 0.1) is 17.6 Å². The highest BCUT2D eigenvalue weighted by atomic mass is 16.6. The molecule has 2 rings (SSSR count). The number of hydrogen-bond donors (Lipinski definition) is 1. The maximum Gasteiger partial charge on any atom is 0.275 e. The molecule has 0 radical (unpaired) electrons. The smallest absolute Gasteiger partial charge is 0.275 e. The second kappa shape index (κ2) is 6.11. The molecule has 1 N–H and O–H groups in total. The van der Waals surface area contributed by atoms with Crippen molar-refractivity contribution in [1.29, 1.82) is 0 Å². The highest BCUT2D eigenvalue weighted by Crippen LogP contribution is 2.48. The zero-order chi connectivity index (χ0) is 14.6. The molecular weight excluding hydrogens is 256 g/mol. The maximum absolute atomic E-state index is 11.0. The molecule has 0 aliphatic heterocycles. The number of nitrogens with one attached hydrogen (secondary N) is 1. The van der Waals surface area contributed by atoms with Gasteiger partial charge in [0.1, 0.15) is 5.75 Å². The van der Waals surface area contributed by atoms with Crippen molar-refractivity contribution >= 4 is 11.4 Å². The van der Waals surface area contributed by atoms with Crippen molar-refractivity contribution in [2.45, 2.75) is 39.5 Å². The summed E-state index contributed by atoms with van der Waals surface area (Å²) < 4.78 is 5.52. The second-order valence-corrected chi connectivity index (χ2v) is 5.53. The molecule has 0 saturated heterocycles. The van der Waals surface area contributed by atoms with Gasteiger partial charge in [-0.15, -0.1) is 0 Å². The largest absolute Gasteiger partial charge is 0.493 e. The number of benzene rings is 1. The zero-order valence-corrected chi connectivity index (χ0v) is 12.1. The van der Waals surface area contributed by atoms with Gasteiger partial charge in [-0.1, -0.05) is 13.8 Å². The third-order valence-corrected chi connectivity index (χ3v) is 3.95. The summed E-state index contributed by atoms with van der Waals surface area (Å²) in [6, 6.07) is 4.90. The topological polar surface area (TPSA) is 64.4 Å². The Morgan fingerprint density at radius 2 is 2.10 bits per heavy atom. The Kier molecular flexibility index (Phi) is 4.47. The van der Waals surface area contributed by atoms with Gasteiger partial charge in [0.15, 0.2) is 0 Å². The number of rotatable bonds is 8. The van der Waals surface area contributed by atoms with Gasteiger partial charge in [-0.2, -0.15) is 0 Å². The van der Waals surface area contributed by atoms with Crippen LogP contribution < -0.4 is 10.1 Å². The Labute approximate surface area is 119 Å². The quantitative estimate of drug-likeness (QED) is 0.577. The third-order valence-electron chi connectivity index (χ3n) is 3.95. The van der Waals surface area contributed by atoms with E-state index in [0.717, 1.165) is 25.1 Å². The molecule has 0 aromatic heterocycles. The van der Waals surface area contributed by atoms with E-state index in [9.17, 15) is 10.1 Å². The number of non-ortho nitro benzene ring substituents is 1. The van der Waals surface area contributed by atoms with Crippen LogP contribution in [0.1, 0.15) is 39.5 Å². The molecule has 5 heteroatoms. The van der Waals surface area contributed by atoms with E-state index in [1.54, 1.807) is 6.07 Å². The van der Waals surface area contributed by atoms with Crippen molar-refractivity contribution < 1.29 is 9.66 Å². The van der Waals surface area contributed by atoms with Gasteiger partial charge < -0.3 is 10.1 Å². The van der Waals surface area contributed by atoms with Crippen LogP contribution in [0.2, 0.25) is 0 Å². The fourth-order valence-electron chi connectivity index (χ4n) is 2.22. The van der Waals surface area contributed by atoms with Crippen molar-refractivity contribution in [3.05, 3.63) is 28.3 Å². The number of anilines is 1. The summed E-state index contributed by atoms with van der Waals surface area (Å²) >= 11 is 0. The predicted molar refractivity (Wildman–Crippen MR) is 79.3 cm³/mol. The van der Waals surface area contributed by atoms with Crippen LogP contribution in [0, 0.1) is 15.5 Å². The first-order chi connectivity index (χ1) is 9.58. The zero-order valence-electron chi connectivity index (χ0n) is 12.1. The first-order valence-electron chi connectivity index (χ1n) is 7.25. The van der Waals surface area contributed by atoms with E-state index >= 15 is 0 Å². The SMILES string of the molecule is CCCOc1cc(NCC2(CC)CC2)cc([N+](=O)[O-])c1. The number of nitrogens with zero attached hydrogens (tertiary/aromatic N) is 1. The molecule has 0 bridgehead atoms. The van der Waals surface area contributed by atoms with Crippen molar-refractivity contribution in [2.24, 2.45) is 5.41 Å². The summed E-state index contributed by atoms with van der Waals surface area (Å²) in [5.74, 6) is 0.560. The lowest BCUT2D eigenvalue weighted by Crippen LogP contribution is -2.14. The molecule has 0 spiro atoms. The molecule has 20 heavy (non-hydrogen) atoms. The molecule has 1 aliphatic carbocycles. The van der Waals surface area contributed by atoms with Crippen LogP contribution in [0.3, 0.4) is 0 Å². The Balaban J connectivity index is 2.09. The first-order valence-corrected chi connectivity index (χ1v) is 7.25. The molecular formula is C15H22N2O3. The first kappa shape index (κ1) is 14.6.